The minimum Gasteiger partial charge on any atom is -0.493 e. The lowest BCUT2D eigenvalue weighted by atomic mass is 10.2. The Morgan fingerprint density at radius 3 is 2.58 bits per heavy atom. The van der Waals surface area contributed by atoms with Crippen LogP contribution in [0.1, 0.15) is 6.42 Å². The molecule has 0 aliphatic carbocycles. The van der Waals surface area contributed by atoms with Crippen LogP contribution in [0.15, 0.2) is 48.5 Å². The minimum atomic E-state index is -0.362. The average Bonchev–Trinajstić information content (AvgIpc) is 3.01. The maximum Gasteiger partial charge on any atom is 0.258 e. The molecule has 0 unspecified atom stereocenters. The maximum atomic E-state index is 13.0. The van der Waals surface area contributed by atoms with Crippen molar-refractivity contribution in [3.63, 3.8) is 0 Å². The molecule has 26 heavy (non-hydrogen) atoms. The number of carbonyl (C=O) groups excluding carboxylic acids is 2. The number of amides is 2. The highest BCUT2D eigenvalue weighted by molar-refractivity contribution is 5.96. The van der Waals surface area contributed by atoms with Gasteiger partial charge in [0.2, 0.25) is 5.91 Å². The quantitative estimate of drug-likeness (QED) is 0.859. The van der Waals surface area contributed by atoms with Gasteiger partial charge in [-0.25, -0.2) is 4.39 Å². The van der Waals surface area contributed by atoms with Crippen molar-refractivity contribution in [2.24, 2.45) is 0 Å². The Morgan fingerprint density at radius 1 is 1.19 bits per heavy atom. The van der Waals surface area contributed by atoms with E-state index in [-0.39, 0.29) is 36.7 Å². The fraction of sp³-hybridized carbons (Fsp3) is 0.263. The molecule has 2 aromatic carbocycles. The highest BCUT2D eigenvalue weighted by Gasteiger charge is 2.31. The van der Waals surface area contributed by atoms with E-state index in [1.165, 1.54) is 24.1 Å². The Kier molecular flexibility index (Phi) is 5.36. The smallest absolute Gasteiger partial charge is 0.258 e. The first-order valence-electron chi connectivity index (χ1n) is 8.18. The number of rotatable bonds is 6. The Labute approximate surface area is 150 Å². The fourth-order valence-corrected chi connectivity index (χ4v) is 2.83. The second-order valence-electron chi connectivity index (χ2n) is 5.89. The van der Waals surface area contributed by atoms with Gasteiger partial charge >= 0.3 is 0 Å². The summed E-state index contributed by atoms with van der Waals surface area (Å²) in [4.78, 5) is 25.8. The van der Waals surface area contributed by atoms with Crippen molar-refractivity contribution < 1.29 is 23.5 Å². The van der Waals surface area contributed by atoms with Crippen molar-refractivity contribution in [2.45, 2.75) is 12.5 Å². The van der Waals surface area contributed by atoms with Crippen LogP contribution in [0.25, 0.3) is 0 Å². The van der Waals surface area contributed by atoms with Crippen LogP contribution in [0, 0.1) is 5.82 Å². The third-order valence-corrected chi connectivity index (χ3v) is 4.06. The average molecular weight is 358 g/mol. The number of hydrogen-bond acceptors (Lipinski definition) is 4. The lowest BCUT2D eigenvalue weighted by Crippen LogP contribution is -2.39. The van der Waals surface area contributed by atoms with Crippen molar-refractivity contribution >= 4 is 17.5 Å². The van der Waals surface area contributed by atoms with Gasteiger partial charge in [-0.05, 0) is 36.4 Å². The van der Waals surface area contributed by atoms with Crippen molar-refractivity contribution in [2.75, 3.05) is 25.2 Å². The van der Waals surface area contributed by atoms with Gasteiger partial charge in [-0.3, -0.25) is 9.59 Å². The summed E-state index contributed by atoms with van der Waals surface area (Å²) in [6, 6.07) is 12.4. The number of ether oxygens (including phenoxy) is 2. The monoisotopic (exact) mass is 358 g/mol. The van der Waals surface area contributed by atoms with E-state index in [1.54, 1.807) is 36.4 Å². The summed E-state index contributed by atoms with van der Waals surface area (Å²) in [6.45, 7) is 0.159. The number of benzene rings is 2. The zero-order valence-electron chi connectivity index (χ0n) is 14.3. The third-order valence-electron chi connectivity index (χ3n) is 4.06. The molecule has 1 N–H and O–H groups in total. The van der Waals surface area contributed by atoms with E-state index in [1.807, 2.05) is 0 Å². The molecule has 1 fully saturated rings. The predicted molar refractivity (Wildman–Crippen MR) is 93.8 cm³/mol. The van der Waals surface area contributed by atoms with Crippen molar-refractivity contribution in [1.29, 1.82) is 0 Å². The molecule has 0 bridgehead atoms. The molecule has 2 amide bonds. The molecule has 1 aliphatic rings. The van der Waals surface area contributed by atoms with E-state index in [0.29, 0.717) is 23.7 Å². The zero-order valence-corrected chi connectivity index (χ0v) is 14.3. The van der Waals surface area contributed by atoms with Gasteiger partial charge in [0.25, 0.3) is 5.91 Å². The number of nitrogens with one attached hydrogen (secondary N) is 1. The molecule has 136 valence electrons. The molecule has 1 heterocycles. The zero-order chi connectivity index (χ0) is 18.5. The van der Waals surface area contributed by atoms with E-state index in [9.17, 15) is 14.0 Å². The second-order valence-corrected chi connectivity index (χ2v) is 5.89. The first-order chi connectivity index (χ1) is 12.6. The van der Waals surface area contributed by atoms with Gasteiger partial charge in [0.1, 0.15) is 5.82 Å². The van der Waals surface area contributed by atoms with Gasteiger partial charge in [-0.1, -0.05) is 12.1 Å². The topological polar surface area (TPSA) is 67.9 Å². The molecule has 7 heteroatoms. The summed E-state index contributed by atoms with van der Waals surface area (Å²) in [6.07, 6.45) is 0.192. The largest absolute Gasteiger partial charge is 0.493 e. The Bertz CT molecular complexity index is 794. The Morgan fingerprint density at radius 2 is 1.88 bits per heavy atom. The van der Waals surface area contributed by atoms with Gasteiger partial charge in [-0.15, -0.1) is 0 Å². The second kappa shape index (κ2) is 7.86. The van der Waals surface area contributed by atoms with Gasteiger partial charge in [-0.2, -0.15) is 0 Å². The number of para-hydroxylation sites is 2. The van der Waals surface area contributed by atoms with Gasteiger partial charge in [0.05, 0.1) is 13.2 Å². The van der Waals surface area contributed by atoms with Crippen LogP contribution in [0.3, 0.4) is 0 Å². The SMILES string of the molecule is COc1ccccc1OCC(=O)N[C@H]1CC(=O)N(c2ccc(F)cc2)C1. The number of anilines is 1. The van der Waals surface area contributed by atoms with Crippen LogP contribution in [0.2, 0.25) is 0 Å². The van der Waals surface area contributed by atoms with Crippen molar-refractivity contribution in [3.05, 3.63) is 54.3 Å². The molecular weight excluding hydrogens is 339 g/mol. The summed E-state index contributed by atoms with van der Waals surface area (Å²) in [7, 11) is 1.52. The third kappa shape index (κ3) is 4.11. The predicted octanol–water partition coefficient (Wildman–Crippen LogP) is 2.13. The molecular formula is C19H19FN2O4. The van der Waals surface area contributed by atoms with Crippen LogP contribution in [-0.4, -0.2) is 38.1 Å². The fourth-order valence-electron chi connectivity index (χ4n) is 2.83. The number of carbonyl (C=O) groups is 2. The number of hydrogen-bond donors (Lipinski definition) is 1. The van der Waals surface area contributed by atoms with Crippen LogP contribution in [0.4, 0.5) is 10.1 Å². The van der Waals surface area contributed by atoms with Crippen LogP contribution in [0.5, 0.6) is 11.5 Å². The summed E-state index contributed by atoms with van der Waals surface area (Å²) in [5.74, 6) is 0.209. The van der Waals surface area contributed by atoms with Crippen molar-refractivity contribution in [3.8, 4) is 11.5 Å². The van der Waals surface area contributed by atoms with E-state index >= 15 is 0 Å². The standard InChI is InChI=1S/C19H19FN2O4/c1-25-16-4-2-3-5-17(16)26-12-18(23)21-14-10-19(24)22(11-14)15-8-6-13(20)7-9-15/h2-9,14H,10-12H2,1H3,(H,21,23)/t14-/m0/s1. The molecule has 0 aromatic heterocycles. The van der Waals surface area contributed by atoms with E-state index in [2.05, 4.69) is 5.32 Å². The van der Waals surface area contributed by atoms with Gasteiger partial charge < -0.3 is 19.7 Å². The molecule has 0 spiro atoms. The molecule has 1 atom stereocenters. The minimum absolute atomic E-state index is 0.118. The number of nitrogens with zero attached hydrogens (tertiary/aromatic N) is 1. The van der Waals surface area contributed by atoms with Gasteiger partial charge in [0.15, 0.2) is 18.1 Å². The van der Waals surface area contributed by atoms with E-state index in [0.717, 1.165) is 0 Å². The Balaban J connectivity index is 1.53. The summed E-state index contributed by atoms with van der Waals surface area (Å²) >= 11 is 0. The highest BCUT2D eigenvalue weighted by Crippen LogP contribution is 2.25. The summed E-state index contributed by atoms with van der Waals surface area (Å²) < 4.78 is 23.7. The first-order valence-corrected chi connectivity index (χ1v) is 8.18. The molecule has 2 aromatic rings. The molecule has 3 rings (SSSR count). The number of methoxy groups -OCH3 is 1. The van der Waals surface area contributed by atoms with Crippen LogP contribution < -0.4 is 19.7 Å². The molecule has 1 aliphatic heterocycles. The summed E-state index contributed by atoms with van der Waals surface area (Å²) in [5.41, 5.74) is 0.610. The van der Waals surface area contributed by atoms with Gasteiger partial charge in [0, 0.05) is 18.7 Å². The molecule has 6 nitrogen and oxygen atoms in total. The molecule has 0 radical (unpaired) electrons. The van der Waals surface area contributed by atoms with E-state index < -0.39 is 0 Å². The molecule has 1 saturated heterocycles. The van der Waals surface area contributed by atoms with Crippen LogP contribution in [-0.2, 0) is 9.59 Å². The summed E-state index contributed by atoms with van der Waals surface area (Å²) in [5, 5.41) is 2.79. The first kappa shape index (κ1) is 17.7. The number of halogens is 1. The normalized spacial score (nSPS) is 16.5. The lowest BCUT2D eigenvalue weighted by Gasteiger charge is -2.17. The van der Waals surface area contributed by atoms with E-state index in [4.69, 9.17) is 9.47 Å². The Hall–Kier alpha value is -3.09. The lowest BCUT2D eigenvalue weighted by molar-refractivity contribution is -0.123. The van der Waals surface area contributed by atoms with Crippen LogP contribution >= 0.6 is 0 Å². The van der Waals surface area contributed by atoms with Crippen molar-refractivity contribution in [1.82, 2.24) is 5.32 Å². The highest BCUT2D eigenvalue weighted by atomic mass is 19.1. The molecule has 0 saturated carbocycles. The maximum absolute atomic E-state index is 13.0.